The summed E-state index contributed by atoms with van der Waals surface area (Å²) in [6.07, 6.45) is 0. The van der Waals surface area contributed by atoms with Crippen LogP contribution in [0.1, 0.15) is 0 Å². The lowest BCUT2D eigenvalue weighted by atomic mass is 10.1. The number of rotatable bonds is 2. The van der Waals surface area contributed by atoms with Gasteiger partial charge in [-0.05, 0) is 29.7 Å². The largest absolute Gasteiger partial charge is 0.318 e. The number of amides is 2. The van der Waals surface area contributed by atoms with Gasteiger partial charge >= 0.3 is 11.8 Å². The first-order valence-corrected chi connectivity index (χ1v) is 7.78. The summed E-state index contributed by atoms with van der Waals surface area (Å²) in [5.74, 6) is -1.42. The Morgan fingerprint density at radius 2 is 1.48 bits per heavy atom. The van der Waals surface area contributed by atoms with Crippen molar-refractivity contribution in [3.05, 3.63) is 71.2 Å². The van der Waals surface area contributed by atoms with Crippen LogP contribution < -0.4 is 10.6 Å². The fourth-order valence-electron chi connectivity index (χ4n) is 2.27. The van der Waals surface area contributed by atoms with Gasteiger partial charge < -0.3 is 10.6 Å². The zero-order valence-electron chi connectivity index (χ0n) is 12.0. The van der Waals surface area contributed by atoms with Crippen LogP contribution in [0, 0.1) is 0 Å². The van der Waals surface area contributed by atoms with E-state index in [1.54, 1.807) is 24.3 Å². The molecule has 0 unspecified atom stereocenters. The second kappa shape index (κ2) is 6.62. The fraction of sp³-hybridized carbons (Fsp3) is 0. The third kappa shape index (κ3) is 3.57. The van der Waals surface area contributed by atoms with E-state index in [-0.39, 0.29) is 0 Å². The van der Waals surface area contributed by atoms with Crippen LogP contribution in [-0.4, -0.2) is 11.8 Å². The van der Waals surface area contributed by atoms with Gasteiger partial charge in [-0.3, -0.25) is 9.59 Å². The molecule has 3 rings (SSSR count). The summed E-state index contributed by atoms with van der Waals surface area (Å²) in [4.78, 5) is 24.1. The average Bonchev–Trinajstić information content (AvgIpc) is 2.55. The van der Waals surface area contributed by atoms with Gasteiger partial charge in [-0.1, -0.05) is 58.4 Å². The third-order valence-electron chi connectivity index (χ3n) is 3.33. The number of anilines is 2. The first kappa shape index (κ1) is 15.2. The lowest BCUT2D eigenvalue weighted by Gasteiger charge is -2.09. The molecular weight excluding hydrogens is 356 g/mol. The molecule has 0 fully saturated rings. The molecule has 0 radical (unpaired) electrons. The van der Waals surface area contributed by atoms with Crippen molar-refractivity contribution in [2.45, 2.75) is 0 Å². The zero-order chi connectivity index (χ0) is 16.2. The van der Waals surface area contributed by atoms with Crippen LogP contribution in [0.25, 0.3) is 10.8 Å². The van der Waals surface area contributed by atoms with E-state index < -0.39 is 11.8 Å². The Morgan fingerprint density at radius 3 is 2.30 bits per heavy atom. The highest BCUT2D eigenvalue weighted by Gasteiger charge is 2.15. The Labute approximate surface area is 141 Å². The quantitative estimate of drug-likeness (QED) is 0.666. The Morgan fingerprint density at radius 1 is 0.783 bits per heavy atom. The van der Waals surface area contributed by atoms with Crippen LogP contribution in [0.5, 0.6) is 0 Å². The number of halogens is 1. The van der Waals surface area contributed by atoms with E-state index in [9.17, 15) is 9.59 Å². The Hall–Kier alpha value is -2.66. The molecular formula is C18H13BrN2O2. The lowest BCUT2D eigenvalue weighted by molar-refractivity contribution is -0.132. The second-order valence-corrected chi connectivity index (χ2v) is 5.86. The van der Waals surface area contributed by atoms with Crippen molar-refractivity contribution in [3.8, 4) is 0 Å². The van der Waals surface area contributed by atoms with Gasteiger partial charge in [-0.2, -0.15) is 0 Å². The molecule has 0 aliphatic heterocycles. The molecule has 23 heavy (non-hydrogen) atoms. The molecule has 5 heteroatoms. The van der Waals surface area contributed by atoms with E-state index >= 15 is 0 Å². The molecule has 0 aliphatic carbocycles. The highest BCUT2D eigenvalue weighted by molar-refractivity contribution is 9.10. The summed E-state index contributed by atoms with van der Waals surface area (Å²) in [6, 6.07) is 20.3. The average molecular weight is 369 g/mol. The lowest BCUT2D eigenvalue weighted by Crippen LogP contribution is -2.29. The number of carbonyl (C=O) groups is 2. The minimum Gasteiger partial charge on any atom is -0.318 e. The van der Waals surface area contributed by atoms with Crippen LogP contribution in [-0.2, 0) is 9.59 Å². The third-order valence-corrected chi connectivity index (χ3v) is 3.82. The summed E-state index contributed by atoms with van der Waals surface area (Å²) < 4.78 is 0.824. The minimum atomic E-state index is -0.712. The van der Waals surface area contributed by atoms with Gasteiger partial charge in [0.05, 0.1) is 0 Å². The summed E-state index contributed by atoms with van der Waals surface area (Å²) in [5, 5.41) is 7.11. The maximum Gasteiger partial charge on any atom is 0.314 e. The van der Waals surface area contributed by atoms with Crippen molar-refractivity contribution in [1.82, 2.24) is 0 Å². The van der Waals surface area contributed by atoms with E-state index in [2.05, 4.69) is 26.6 Å². The number of benzene rings is 3. The maximum atomic E-state index is 12.1. The topological polar surface area (TPSA) is 58.2 Å². The molecule has 3 aromatic rings. The highest BCUT2D eigenvalue weighted by Crippen LogP contribution is 2.23. The van der Waals surface area contributed by atoms with Crippen molar-refractivity contribution in [2.24, 2.45) is 0 Å². The normalized spacial score (nSPS) is 10.3. The van der Waals surface area contributed by atoms with E-state index in [1.165, 1.54) is 0 Å². The Kier molecular flexibility index (Phi) is 4.39. The number of nitrogens with one attached hydrogen (secondary N) is 2. The van der Waals surface area contributed by atoms with Crippen LogP contribution >= 0.6 is 15.9 Å². The number of carbonyl (C=O) groups excluding carboxylic acids is 2. The summed E-state index contributed by atoms with van der Waals surface area (Å²) in [5.41, 5.74) is 1.16. The first-order chi connectivity index (χ1) is 11.1. The maximum absolute atomic E-state index is 12.1. The van der Waals surface area contributed by atoms with Crippen LogP contribution in [0.4, 0.5) is 11.4 Å². The molecule has 2 amide bonds. The van der Waals surface area contributed by atoms with Gasteiger partial charge in [-0.15, -0.1) is 0 Å². The van der Waals surface area contributed by atoms with Crippen LogP contribution in [0.2, 0.25) is 0 Å². The van der Waals surface area contributed by atoms with Gasteiger partial charge in [0.2, 0.25) is 0 Å². The van der Waals surface area contributed by atoms with Gasteiger partial charge in [0.15, 0.2) is 0 Å². The van der Waals surface area contributed by atoms with Gasteiger partial charge in [0.1, 0.15) is 0 Å². The standard InChI is InChI=1S/C18H13BrN2O2/c19-13-7-4-8-14(11-13)20-17(22)18(23)21-16-10-3-6-12-5-1-2-9-15(12)16/h1-11H,(H,20,22)(H,21,23). The summed E-state index contributed by atoms with van der Waals surface area (Å²) in [6.45, 7) is 0. The molecule has 0 atom stereocenters. The van der Waals surface area contributed by atoms with E-state index in [4.69, 9.17) is 0 Å². The molecule has 0 saturated carbocycles. The van der Waals surface area contributed by atoms with Crippen molar-refractivity contribution in [2.75, 3.05) is 10.6 Å². The summed E-state index contributed by atoms with van der Waals surface area (Å²) in [7, 11) is 0. The number of fused-ring (bicyclic) bond motifs is 1. The van der Waals surface area contributed by atoms with E-state index in [0.717, 1.165) is 15.2 Å². The highest BCUT2D eigenvalue weighted by atomic mass is 79.9. The molecule has 2 N–H and O–H groups in total. The molecule has 114 valence electrons. The van der Waals surface area contributed by atoms with Crippen molar-refractivity contribution in [3.63, 3.8) is 0 Å². The molecule has 0 aliphatic rings. The molecule has 4 nitrogen and oxygen atoms in total. The number of hydrogen-bond acceptors (Lipinski definition) is 2. The van der Waals surface area contributed by atoms with Crippen molar-refractivity contribution in [1.29, 1.82) is 0 Å². The monoisotopic (exact) mass is 368 g/mol. The second-order valence-electron chi connectivity index (χ2n) is 4.95. The minimum absolute atomic E-state index is 0.553. The van der Waals surface area contributed by atoms with Crippen molar-refractivity contribution >= 4 is 49.9 Å². The number of hydrogen-bond donors (Lipinski definition) is 2. The molecule has 0 saturated heterocycles. The molecule has 0 bridgehead atoms. The van der Waals surface area contributed by atoms with Gasteiger partial charge in [0, 0.05) is 21.2 Å². The molecule has 0 heterocycles. The molecule has 0 aromatic heterocycles. The Bertz CT molecular complexity index is 888. The molecule has 0 spiro atoms. The molecule has 3 aromatic carbocycles. The van der Waals surface area contributed by atoms with E-state index in [0.29, 0.717) is 11.4 Å². The van der Waals surface area contributed by atoms with Crippen molar-refractivity contribution < 1.29 is 9.59 Å². The van der Waals surface area contributed by atoms with E-state index in [1.807, 2.05) is 42.5 Å². The zero-order valence-corrected chi connectivity index (χ0v) is 13.6. The predicted molar refractivity (Wildman–Crippen MR) is 95.3 cm³/mol. The van der Waals surface area contributed by atoms with Crippen LogP contribution in [0.15, 0.2) is 71.2 Å². The van der Waals surface area contributed by atoms with Gasteiger partial charge in [-0.25, -0.2) is 0 Å². The summed E-state index contributed by atoms with van der Waals surface area (Å²) >= 11 is 3.32. The SMILES string of the molecule is O=C(Nc1cccc(Br)c1)C(=O)Nc1cccc2ccccc12. The predicted octanol–water partition coefficient (Wildman–Crippen LogP) is 4.18. The Balaban J connectivity index is 1.77. The smallest absolute Gasteiger partial charge is 0.314 e. The van der Waals surface area contributed by atoms with Crippen LogP contribution in [0.3, 0.4) is 0 Å². The first-order valence-electron chi connectivity index (χ1n) is 6.99. The van der Waals surface area contributed by atoms with Gasteiger partial charge in [0.25, 0.3) is 0 Å². The fourth-order valence-corrected chi connectivity index (χ4v) is 2.67.